The Morgan fingerprint density at radius 1 is 0.929 bits per heavy atom. The predicted molar refractivity (Wildman–Crippen MR) is 113 cm³/mol. The third kappa shape index (κ3) is 2.94. The molecule has 3 heteroatoms. The summed E-state index contributed by atoms with van der Waals surface area (Å²) >= 11 is 0. The van der Waals surface area contributed by atoms with Gasteiger partial charge in [-0.3, -0.25) is 0 Å². The van der Waals surface area contributed by atoms with Crippen molar-refractivity contribution in [3.05, 3.63) is 0 Å². The summed E-state index contributed by atoms with van der Waals surface area (Å²) in [4.78, 5) is 0. The second-order valence-electron chi connectivity index (χ2n) is 11.6. The Hall–Kier alpha value is -0.120. The van der Waals surface area contributed by atoms with E-state index in [1.54, 1.807) is 0 Å². The Labute approximate surface area is 172 Å². The molecule has 28 heavy (non-hydrogen) atoms. The maximum Gasteiger partial charge on any atom is 0.0605 e. The van der Waals surface area contributed by atoms with Crippen molar-refractivity contribution < 1.29 is 15.3 Å². The van der Waals surface area contributed by atoms with Crippen LogP contribution in [0.1, 0.15) is 85.5 Å². The van der Waals surface area contributed by atoms with Crippen molar-refractivity contribution in [3.8, 4) is 0 Å². The molecule has 3 nitrogen and oxygen atoms in total. The highest BCUT2D eigenvalue weighted by molar-refractivity contribution is 5.13. The van der Waals surface area contributed by atoms with Crippen molar-refractivity contribution in [1.29, 1.82) is 0 Å². The molecule has 4 rings (SSSR count). The molecular weight excluding hydrogens is 348 g/mol. The van der Waals surface area contributed by atoms with E-state index in [4.69, 9.17) is 0 Å². The van der Waals surface area contributed by atoms with Crippen molar-refractivity contribution in [3.63, 3.8) is 0 Å². The van der Waals surface area contributed by atoms with Gasteiger partial charge in [0.2, 0.25) is 0 Å². The zero-order valence-corrected chi connectivity index (χ0v) is 18.6. The average molecular weight is 393 g/mol. The number of fused-ring (bicyclic) bond motifs is 5. The van der Waals surface area contributed by atoms with Crippen LogP contribution in [0.25, 0.3) is 0 Å². The fourth-order valence-electron chi connectivity index (χ4n) is 9.34. The summed E-state index contributed by atoms with van der Waals surface area (Å²) in [5.74, 6) is 3.78. The predicted octanol–water partition coefficient (Wildman–Crippen LogP) is 4.63. The highest BCUT2D eigenvalue weighted by Crippen LogP contribution is 2.69. The monoisotopic (exact) mass is 392 g/mol. The molecule has 4 aliphatic rings. The van der Waals surface area contributed by atoms with E-state index in [1.165, 1.54) is 25.7 Å². The fraction of sp³-hybridized carbons (Fsp3) is 1.00. The third-order valence-corrected chi connectivity index (χ3v) is 10.7. The van der Waals surface area contributed by atoms with E-state index in [0.29, 0.717) is 58.9 Å². The Morgan fingerprint density at radius 3 is 2.29 bits per heavy atom. The first kappa shape index (κ1) is 21.1. The Bertz CT molecular complexity index is 564. The van der Waals surface area contributed by atoms with Gasteiger partial charge >= 0.3 is 0 Å². The van der Waals surface area contributed by atoms with Gasteiger partial charge in [-0.05, 0) is 104 Å². The molecule has 0 spiro atoms. The van der Waals surface area contributed by atoms with Crippen LogP contribution in [0.4, 0.5) is 0 Å². The van der Waals surface area contributed by atoms with Gasteiger partial charge in [0.25, 0.3) is 0 Å². The first-order valence-electron chi connectivity index (χ1n) is 12.2. The average Bonchev–Trinajstić information content (AvgIpc) is 3.01. The Kier molecular flexibility index (Phi) is 5.69. The first-order valence-corrected chi connectivity index (χ1v) is 12.2. The largest absolute Gasteiger partial charge is 0.396 e. The summed E-state index contributed by atoms with van der Waals surface area (Å²) in [6, 6.07) is 0. The fourth-order valence-corrected chi connectivity index (χ4v) is 9.34. The molecule has 162 valence electrons. The molecule has 0 aromatic heterocycles. The number of aliphatic hydroxyl groups is 3. The van der Waals surface area contributed by atoms with Crippen LogP contribution in [0, 0.1) is 52.3 Å². The van der Waals surface area contributed by atoms with Crippen LogP contribution in [-0.4, -0.2) is 34.1 Å². The minimum atomic E-state index is -0.199. The van der Waals surface area contributed by atoms with E-state index in [1.807, 2.05) is 0 Å². The summed E-state index contributed by atoms with van der Waals surface area (Å²) in [7, 11) is 0. The van der Waals surface area contributed by atoms with Gasteiger partial charge < -0.3 is 15.3 Å². The molecule has 0 heterocycles. The zero-order chi connectivity index (χ0) is 20.3. The first-order chi connectivity index (χ1) is 13.3. The highest BCUT2D eigenvalue weighted by Gasteiger charge is 2.64. The van der Waals surface area contributed by atoms with Crippen molar-refractivity contribution in [2.75, 3.05) is 6.61 Å². The Balaban J connectivity index is 1.67. The maximum atomic E-state index is 11.7. The van der Waals surface area contributed by atoms with E-state index in [9.17, 15) is 15.3 Å². The Morgan fingerprint density at radius 2 is 1.61 bits per heavy atom. The van der Waals surface area contributed by atoms with Crippen molar-refractivity contribution in [2.45, 2.75) is 97.7 Å². The van der Waals surface area contributed by atoms with Gasteiger partial charge in [-0.1, -0.05) is 34.1 Å². The third-order valence-electron chi connectivity index (χ3n) is 10.7. The topological polar surface area (TPSA) is 60.7 Å². The van der Waals surface area contributed by atoms with Crippen molar-refractivity contribution in [1.82, 2.24) is 0 Å². The second kappa shape index (κ2) is 7.54. The lowest BCUT2D eigenvalue weighted by Gasteiger charge is -2.64. The molecular formula is C25H44O3. The number of rotatable bonds is 4. The molecule has 0 radical (unpaired) electrons. The van der Waals surface area contributed by atoms with E-state index in [0.717, 1.165) is 32.1 Å². The lowest BCUT2D eigenvalue weighted by Crippen LogP contribution is -2.62. The van der Waals surface area contributed by atoms with E-state index in [-0.39, 0.29) is 12.2 Å². The van der Waals surface area contributed by atoms with Crippen LogP contribution in [0.5, 0.6) is 0 Å². The van der Waals surface area contributed by atoms with E-state index >= 15 is 0 Å². The molecule has 0 aliphatic heterocycles. The van der Waals surface area contributed by atoms with Gasteiger partial charge in [0.05, 0.1) is 12.2 Å². The van der Waals surface area contributed by atoms with Crippen LogP contribution in [0.2, 0.25) is 0 Å². The second-order valence-corrected chi connectivity index (χ2v) is 11.6. The number of aliphatic hydroxyl groups excluding tert-OH is 3. The molecule has 11 atom stereocenters. The van der Waals surface area contributed by atoms with Crippen LogP contribution in [0.15, 0.2) is 0 Å². The molecule has 1 unspecified atom stereocenters. The number of hydrogen-bond donors (Lipinski definition) is 3. The maximum absolute atomic E-state index is 11.7. The molecule has 4 fully saturated rings. The minimum Gasteiger partial charge on any atom is -0.396 e. The van der Waals surface area contributed by atoms with E-state index < -0.39 is 0 Å². The normalized spacial score (nSPS) is 54.5. The lowest BCUT2D eigenvalue weighted by atomic mass is 9.41. The molecule has 4 saturated carbocycles. The van der Waals surface area contributed by atoms with Gasteiger partial charge in [0, 0.05) is 6.61 Å². The smallest absolute Gasteiger partial charge is 0.0605 e. The van der Waals surface area contributed by atoms with Gasteiger partial charge in [-0.2, -0.15) is 0 Å². The molecule has 4 aliphatic carbocycles. The van der Waals surface area contributed by atoms with Crippen molar-refractivity contribution in [2.24, 2.45) is 52.3 Å². The van der Waals surface area contributed by atoms with Crippen LogP contribution in [-0.2, 0) is 0 Å². The molecule has 0 amide bonds. The summed E-state index contributed by atoms with van der Waals surface area (Å²) in [5, 5.41) is 31.6. The van der Waals surface area contributed by atoms with Gasteiger partial charge in [0.15, 0.2) is 0 Å². The van der Waals surface area contributed by atoms with Crippen LogP contribution >= 0.6 is 0 Å². The molecule has 0 aromatic carbocycles. The standard InChI is InChI=1S/C25H44O3/c1-5-17-21-14-16(27)8-11-25(21,4)20-9-12-24(3)18(15(2)10-13-26)6-7-19(24)22(20)23(17)28/h15-23,26-28H,5-14H2,1-4H3/t15-,16-,17-,18?,19+,20+,21+,22+,23-,24-,25-/m1/s1. The van der Waals surface area contributed by atoms with Crippen molar-refractivity contribution >= 4 is 0 Å². The zero-order valence-electron chi connectivity index (χ0n) is 18.6. The molecule has 0 saturated heterocycles. The summed E-state index contributed by atoms with van der Waals surface area (Å²) < 4.78 is 0. The van der Waals surface area contributed by atoms with Gasteiger partial charge in [-0.15, -0.1) is 0 Å². The summed E-state index contributed by atoms with van der Waals surface area (Å²) in [6.45, 7) is 9.92. The van der Waals surface area contributed by atoms with Crippen LogP contribution in [0.3, 0.4) is 0 Å². The minimum absolute atomic E-state index is 0.167. The molecule has 3 N–H and O–H groups in total. The SMILES string of the molecule is CC[C@H]1[C@@H](O)[C@@H]2[C@H](CC[C@]3(C)C([C@H](C)CCO)CC[C@@H]23)[C@@]2(C)CC[C@@H](O)C[C@@H]12. The lowest BCUT2D eigenvalue weighted by molar-refractivity contribution is -0.203. The van der Waals surface area contributed by atoms with Gasteiger partial charge in [-0.25, -0.2) is 0 Å². The highest BCUT2D eigenvalue weighted by atomic mass is 16.3. The number of hydrogen-bond acceptors (Lipinski definition) is 3. The van der Waals surface area contributed by atoms with Crippen LogP contribution < -0.4 is 0 Å². The molecule has 0 aromatic rings. The molecule has 0 bridgehead atoms. The summed E-state index contributed by atoms with van der Waals surface area (Å²) in [6.07, 6.45) is 9.62. The quantitative estimate of drug-likeness (QED) is 0.653. The van der Waals surface area contributed by atoms with Gasteiger partial charge in [0.1, 0.15) is 0 Å². The van der Waals surface area contributed by atoms with E-state index in [2.05, 4.69) is 27.7 Å². The summed E-state index contributed by atoms with van der Waals surface area (Å²) in [5.41, 5.74) is 0.617.